The molecule has 0 spiro atoms. The molecular formula is C33H27Cl2F4N7O5. The van der Waals surface area contributed by atoms with E-state index in [1.807, 2.05) is 25.1 Å². The van der Waals surface area contributed by atoms with Crippen molar-refractivity contribution in [2.45, 2.75) is 45.0 Å². The number of anilines is 1. The molecule has 0 radical (unpaired) electrons. The number of halogens is 6. The van der Waals surface area contributed by atoms with Gasteiger partial charge in [-0.3, -0.25) is 19.1 Å². The van der Waals surface area contributed by atoms with E-state index in [-0.39, 0.29) is 45.6 Å². The zero-order valence-electron chi connectivity index (χ0n) is 26.4. The van der Waals surface area contributed by atoms with Crippen LogP contribution in [0.2, 0.25) is 10.2 Å². The molecule has 51 heavy (non-hydrogen) atoms. The Morgan fingerprint density at radius 3 is 2.45 bits per heavy atom. The van der Waals surface area contributed by atoms with Gasteiger partial charge in [0.1, 0.15) is 0 Å². The van der Waals surface area contributed by atoms with E-state index in [0.717, 1.165) is 11.1 Å². The van der Waals surface area contributed by atoms with Crippen molar-refractivity contribution in [3.05, 3.63) is 105 Å². The number of carbonyl (C=O) groups is 2. The summed E-state index contributed by atoms with van der Waals surface area (Å²) in [6.45, 7) is 1.69. The van der Waals surface area contributed by atoms with Crippen LogP contribution < -0.4 is 10.9 Å². The summed E-state index contributed by atoms with van der Waals surface area (Å²) in [7, 11) is 0. The fraction of sp³-hybridized carbons (Fsp3) is 0.242. The molecule has 0 saturated heterocycles. The Labute approximate surface area is 296 Å². The Morgan fingerprint density at radius 1 is 1.06 bits per heavy atom. The van der Waals surface area contributed by atoms with E-state index >= 15 is 4.39 Å². The molecule has 3 aromatic heterocycles. The van der Waals surface area contributed by atoms with Gasteiger partial charge in [-0.2, -0.15) is 13.2 Å². The Balaban J connectivity index is 0.000000654. The monoisotopic (exact) mass is 747 g/mol. The highest BCUT2D eigenvalue weighted by Gasteiger charge is 2.38. The minimum atomic E-state index is -5.08. The molecule has 0 fully saturated rings. The van der Waals surface area contributed by atoms with Crippen LogP contribution in [0.3, 0.4) is 0 Å². The summed E-state index contributed by atoms with van der Waals surface area (Å²) in [5.74, 6) is -3.97. The quantitative estimate of drug-likeness (QED) is 0.175. The number of alkyl halides is 3. The third-order valence-electron chi connectivity index (χ3n) is 7.98. The molecule has 5 aromatic rings. The molecule has 4 heterocycles. The first kappa shape index (κ1) is 37.1. The fourth-order valence-electron chi connectivity index (χ4n) is 5.39. The summed E-state index contributed by atoms with van der Waals surface area (Å²) >= 11 is 12.1. The van der Waals surface area contributed by atoms with Crippen molar-refractivity contribution >= 4 is 40.8 Å². The number of nitrogens with one attached hydrogen (secondary N) is 1. The summed E-state index contributed by atoms with van der Waals surface area (Å²) in [6, 6.07) is 12.7. The molecule has 6 rings (SSSR count). The first-order valence-electron chi connectivity index (χ1n) is 15.1. The zero-order valence-corrected chi connectivity index (χ0v) is 27.9. The van der Waals surface area contributed by atoms with Crippen LogP contribution in [0.25, 0.3) is 28.1 Å². The molecule has 0 unspecified atom stereocenters. The number of benzene rings is 2. The van der Waals surface area contributed by atoms with Crippen molar-refractivity contribution < 1.29 is 37.4 Å². The third-order valence-corrected chi connectivity index (χ3v) is 8.44. The van der Waals surface area contributed by atoms with Crippen LogP contribution in [0.1, 0.15) is 43.5 Å². The molecule has 2 atom stereocenters. The number of pyridine rings is 1. The summed E-state index contributed by atoms with van der Waals surface area (Å²) < 4.78 is 49.9. The summed E-state index contributed by atoms with van der Waals surface area (Å²) in [5, 5.41) is 27.5. The highest BCUT2D eigenvalue weighted by molar-refractivity contribution is 6.31. The number of aliphatic hydroxyl groups excluding tert-OH is 1. The lowest BCUT2D eigenvalue weighted by Gasteiger charge is -2.23. The second-order valence-corrected chi connectivity index (χ2v) is 12.2. The van der Waals surface area contributed by atoms with Crippen molar-refractivity contribution in [2.75, 3.05) is 5.32 Å². The van der Waals surface area contributed by atoms with E-state index < -0.39 is 29.6 Å². The number of carboxylic acids is 1. The number of fused-ring (bicyclic) bond motifs is 4. The number of hydrogen-bond donors (Lipinski definition) is 3. The number of amides is 1. The van der Waals surface area contributed by atoms with Gasteiger partial charge in [-0.05, 0) is 54.3 Å². The lowest BCUT2D eigenvalue weighted by molar-refractivity contribution is -0.192. The predicted octanol–water partition coefficient (Wildman–Crippen LogP) is 6.47. The van der Waals surface area contributed by atoms with Gasteiger partial charge in [-0.1, -0.05) is 53.9 Å². The maximum Gasteiger partial charge on any atom is 0.490 e. The molecule has 266 valence electrons. The van der Waals surface area contributed by atoms with E-state index in [1.165, 1.54) is 33.9 Å². The molecule has 0 saturated carbocycles. The first-order chi connectivity index (χ1) is 24.2. The van der Waals surface area contributed by atoms with Crippen LogP contribution in [0.5, 0.6) is 0 Å². The Hall–Kier alpha value is -5.19. The van der Waals surface area contributed by atoms with Gasteiger partial charge < -0.3 is 15.5 Å². The van der Waals surface area contributed by atoms with Gasteiger partial charge in [0, 0.05) is 29.4 Å². The van der Waals surface area contributed by atoms with Crippen LogP contribution in [-0.2, 0) is 16.2 Å². The standard InChI is InChI=1S/C31H26Cl2FN7O3.C2HF3O2/c1-17-3-2-4-25(23-12-19(9-10-35-23)20-6-5-18(15-42)11-22(20)37-31(17)44)40-16-36-24(13-28(40)43)29-26(8-7-21(32)30(29)34)41-14-27(33)38-39-41;3-2(4,5)1(6)7/h5-14,16-17,25,42H,2-4,15H2,1H3,(H,37,44);(H,6,7)/t17-,25+;/m1./s1. The lowest BCUT2D eigenvalue weighted by atomic mass is 9.95. The van der Waals surface area contributed by atoms with E-state index in [4.69, 9.17) is 33.1 Å². The summed E-state index contributed by atoms with van der Waals surface area (Å²) in [5.41, 5.74) is 3.27. The van der Waals surface area contributed by atoms with E-state index in [0.29, 0.717) is 36.2 Å². The van der Waals surface area contributed by atoms with Crippen molar-refractivity contribution in [3.63, 3.8) is 0 Å². The van der Waals surface area contributed by atoms with E-state index in [2.05, 4.69) is 25.6 Å². The fourth-order valence-corrected chi connectivity index (χ4v) is 5.68. The Bertz CT molecular complexity index is 2160. The molecule has 1 aliphatic heterocycles. The maximum absolute atomic E-state index is 15.4. The van der Waals surface area contributed by atoms with Crippen LogP contribution in [0.4, 0.5) is 23.2 Å². The van der Waals surface area contributed by atoms with Gasteiger partial charge in [0.25, 0.3) is 5.56 Å². The van der Waals surface area contributed by atoms with Crippen LogP contribution >= 0.6 is 23.2 Å². The highest BCUT2D eigenvalue weighted by Crippen LogP contribution is 2.35. The van der Waals surface area contributed by atoms with Gasteiger partial charge in [-0.25, -0.2) is 18.9 Å². The maximum atomic E-state index is 15.4. The Kier molecular flexibility index (Phi) is 11.2. The molecule has 1 aliphatic rings. The van der Waals surface area contributed by atoms with Gasteiger partial charge in [0.05, 0.1) is 52.8 Å². The van der Waals surface area contributed by atoms with Crippen LogP contribution in [0.15, 0.2) is 72.0 Å². The predicted molar refractivity (Wildman–Crippen MR) is 178 cm³/mol. The van der Waals surface area contributed by atoms with Gasteiger partial charge >= 0.3 is 12.1 Å². The van der Waals surface area contributed by atoms with E-state index in [1.54, 1.807) is 24.4 Å². The van der Waals surface area contributed by atoms with Crippen molar-refractivity contribution in [1.82, 2.24) is 29.5 Å². The van der Waals surface area contributed by atoms with Crippen molar-refractivity contribution in [1.29, 1.82) is 0 Å². The number of aliphatic hydroxyl groups is 1. The molecule has 18 heteroatoms. The molecule has 2 aromatic carbocycles. The van der Waals surface area contributed by atoms with Crippen molar-refractivity contribution in [2.24, 2.45) is 5.92 Å². The molecule has 3 N–H and O–H groups in total. The molecule has 12 nitrogen and oxygen atoms in total. The van der Waals surface area contributed by atoms with E-state index in [9.17, 15) is 27.9 Å². The molecule has 2 bridgehead atoms. The normalized spacial score (nSPS) is 16.1. The van der Waals surface area contributed by atoms with Crippen molar-refractivity contribution in [3.8, 4) is 28.1 Å². The Morgan fingerprint density at radius 2 is 1.80 bits per heavy atom. The highest BCUT2D eigenvalue weighted by atomic mass is 35.5. The number of carboxylic acid groups (broad SMARTS) is 1. The molecular weight excluding hydrogens is 721 g/mol. The number of aromatic nitrogens is 6. The SMILES string of the molecule is C[C@@H]1CCC[C@H](n2cnc(-c3c(-n4cc(Cl)nn4)ccc(Cl)c3F)cc2=O)c2cc(ccn2)-c2ccc(CO)cc2NC1=O.O=C(O)C(F)(F)F. The van der Waals surface area contributed by atoms with Gasteiger partial charge in [0.2, 0.25) is 5.91 Å². The lowest BCUT2D eigenvalue weighted by Crippen LogP contribution is -2.27. The number of carbonyl (C=O) groups excluding carboxylic acids is 1. The summed E-state index contributed by atoms with van der Waals surface area (Å²) in [6.07, 6.45) is 1.03. The minimum absolute atomic E-state index is 0.0270. The largest absolute Gasteiger partial charge is 0.490 e. The number of rotatable bonds is 4. The third kappa shape index (κ3) is 8.41. The molecule has 1 amide bonds. The number of nitrogens with zero attached hydrogens (tertiary/aromatic N) is 6. The number of hydrogen-bond acceptors (Lipinski definition) is 8. The van der Waals surface area contributed by atoms with Crippen LogP contribution in [-0.4, -0.2) is 57.8 Å². The molecule has 0 aliphatic carbocycles. The van der Waals surface area contributed by atoms with Crippen LogP contribution in [0, 0.1) is 11.7 Å². The number of aliphatic carboxylic acids is 1. The first-order valence-corrected chi connectivity index (χ1v) is 15.9. The second kappa shape index (κ2) is 15.4. The average molecular weight is 749 g/mol. The topological polar surface area (TPSA) is 165 Å². The smallest absolute Gasteiger partial charge is 0.475 e. The van der Waals surface area contributed by atoms with Gasteiger partial charge in [0.15, 0.2) is 11.0 Å². The summed E-state index contributed by atoms with van der Waals surface area (Å²) in [4.78, 5) is 44.8. The minimum Gasteiger partial charge on any atom is -0.475 e. The average Bonchev–Trinajstić information content (AvgIpc) is 3.53. The second-order valence-electron chi connectivity index (χ2n) is 11.4. The van der Waals surface area contributed by atoms with Gasteiger partial charge in [-0.15, -0.1) is 5.10 Å². The zero-order chi connectivity index (χ0) is 37.0.